The number of esters is 1. The van der Waals surface area contributed by atoms with Gasteiger partial charge in [-0.15, -0.1) is 11.8 Å². The van der Waals surface area contributed by atoms with E-state index >= 15 is 0 Å². The maximum atomic E-state index is 11.6. The summed E-state index contributed by atoms with van der Waals surface area (Å²) >= 11 is 1.68. The molecule has 0 radical (unpaired) electrons. The van der Waals surface area contributed by atoms with Crippen molar-refractivity contribution in [3.05, 3.63) is 94.4 Å². The van der Waals surface area contributed by atoms with E-state index in [2.05, 4.69) is 41.2 Å². The van der Waals surface area contributed by atoms with Crippen LogP contribution in [-0.2, 0) is 24.4 Å². The van der Waals surface area contributed by atoms with E-state index in [1.54, 1.807) is 11.8 Å². The summed E-state index contributed by atoms with van der Waals surface area (Å²) < 4.78 is 4.77. The number of methoxy groups -OCH3 is 1. The Morgan fingerprint density at radius 2 is 1.61 bits per heavy atom. The van der Waals surface area contributed by atoms with E-state index in [0.29, 0.717) is 12.1 Å². The van der Waals surface area contributed by atoms with Crippen LogP contribution in [0, 0.1) is 0 Å². The molecule has 0 aliphatic carbocycles. The minimum atomic E-state index is -0.319. The van der Waals surface area contributed by atoms with Crippen molar-refractivity contribution in [3.63, 3.8) is 0 Å². The van der Waals surface area contributed by atoms with Gasteiger partial charge in [-0.3, -0.25) is 4.90 Å². The second-order valence-corrected chi connectivity index (χ2v) is 7.19. The Kier molecular flexibility index (Phi) is 9.01. The molecule has 0 heterocycles. The van der Waals surface area contributed by atoms with Crippen LogP contribution in [0.25, 0.3) is 0 Å². The van der Waals surface area contributed by atoms with Gasteiger partial charge in [0.15, 0.2) is 0 Å². The molecule has 2 N–H and O–H groups in total. The highest BCUT2D eigenvalue weighted by Gasteiger charge is 2.11. The van der Waals surface area contributed by atoms with Gasteiger partial charge in [0.1, 0.15) is 0 Å². The van der Waals surface area contributed by atoms with Crippen LogP contribution < -0.4 is 5.73 Å². The second kappa shape index (κ2) is 11.5. The third-order valence-corrected chi connectivity index (χ3v) is 4.92. The molecule has 0 unspecified atom stereocenters. The van der Waals surface area contributed by atoms with Crippen molar-refractivity contribution in [2.24, 2.45) is 5.73 Å². The van der Waals surface area contributed by atoms with Gasteiger partial charge in [0, 0.05) is 26.2 Å². The van der Waals surface area contributed by atoms with E-state index in [1.165, 1.54) is 18.2 Å². The van der Waals surface area contributed by atoms with Crippen molar-refractivity contribution in [1.29, 1.82) is 0 Å². The summed E-state index contributed by atoms with van der Waals surface area (Å²) in [5.41, 5.74) is 10.9. The minimum absolute atomic E-state index is 0.319. The molecule has 0 atom stereocenters. The summed E-state index contributed by atoms with van der Waals surface area (Å²) in [5.74, 6) is -0.319. The molecule has 0 saturated heterocycles. The van der Waals surface area contributed by atoms with Crippen molar-refractivity contribution in [3.8, 4) is 0 Å². The number of nitrogens with two attached hydrogens (primary N) is 1. The van der Waals surface area contributed by atoms with E-state index in [1.807, 2.05) is 36.6 Å². The molecule has 0 fully saturated rings. The monoisotopic (exact) mass is 396 g/mol. The fourth-order valence-corrected chi connectivity index (χ4v) is 3.36. The van der Waals surface area contributed by atoms with Crippen molar-refractivity contribution in [2.45, 2.75) is 19.6 Å². The molecular weight excluding hydrogens is 368 g/mol. The number of thioether (sulfide) groups is 1. The zero-order valence-electron chi connectivity index (χ0n) is 16.6. The summed E-state index contributed by atoms with van der Waals surface area (Å²) in [7, 11) is 1.39. The fraction of sp³-hybridized carbons (Fsp3) is 0.261. The van der Waals surface area contributed by atoms with Gasteiger partial charge in [-0.2, -0.15) is 0 Å². The number of carbonyl (C=O) groups is 1. The van der Waals surface area contributed by atoms with Crippen LogP contribution in [0.4, 0.5) is 0 Å². The van der Waals surface area contributed by atoms with Gasteiger partial charge in [-0.1, -0.05) is 49.1 Å². The van der Waals surface area contributed by atoms with Gasteiger partial charge < -0.3 is 10.5 Å². The third-order valence-electron chi connectivity index (χ3n) is 4.38. The lowest BCUT2D eigenvalue weighted by Gasteiger charge is -2.23. The third kappa shape index (κ3) is 6.68. The molecule has 0 amide bonds. The van der Waals surface area contributed by atoms with Gasteiger partial charge in [-0.05, 0) is 46.1 Å². The molecule has 2 rings (SSSR count). The van der Waals surface area contributed by atoms with Crippen LogP contribution in [0.5, 0.6) is 0 Å². The van der Waals surface area contributed by atoms with Gasteiger partial charge in [0.2, 0.25) is 0 Å². The van der Waals surface area contributed by atoms with Gasteiger partial charge in [0.25, 0.3) is 0 Å². The number of benzene rings is 2. The van der Waals surface area contributed by atoms with Gasteiger partial charge in [-0.25, -0.2) is 4.79 Å². The van der Waals surface area contributed by atoms with E-state index in [0.717, 1.165) is 30.8 Å². The molecule has 148 valence electrons. The van der Waals surface area contributed by atoms with Crippen LogP contribution in [0.15, 0.2) is 72.2 Å². The van der Waals surface area contributed by atoms with Crippen molar-refractivity contribution in [2.75, 3.05) is 19.9 Å². The first-order valence-electron chi connectivity index (χ1n) is 9.11. The molecule has 5 heteroatoms. The van der Waals surface area contributed by atoms with E-state index in [4.69, 9.17) is 10.5 Å². The topological polar surface area (TPSA) is 55.6 Å². The van der Waals surface area contributed by atoms with E-state index in [9.17, 15) is 4.79 Å². The Hall–Kier alpha value is -2.34. The van der Waals surface area contributed by atoms with Crippen LogP contribution >= 0.6 is 11.8 Å². The number of nitrogens with zero attached hydrogens (tertiary/aromatic N) is 1. The lowest BCUT2D eigenvalue weighted by molar-refractivity contribution is 0.0600. The normalized spacial score (nSPS) is 11.5. The van der Waals surface area contributed by atoms with Crippen LogP contribution in [0.1, 0.15) is 27.0 Å². The summed E-state index contributed by atoms with van der Waals surface area (Å²) in [6, 6.07) is 16.0. The molecule has 0 aliphatic heterocycles. The largest absolute Gasteiger partial charge is 0.465 e. The second-order valence-electron chi connectivity index (χ2n) is 6.49. The smallest absolute Gasteiger partial charge is 0.337 e. The van der Waals surface area contributed by atoms with Crippen molar-refractivity contribution < 1.29 is 9.53 Å². The predicted molar refractivity (Wildman–Crippen MR) is 118 cm³/mol. The number of ether oxygens (including phenoxy) is 1. The molecule has 0 saturated carbocycles. The molecule has 2 aromatic rings. The number of hydrogen-bond donors (Lipinski definition) is 1. The Morgan fingerprint density at radius 3 is 2.07 bits per heavy atom. The zero-order valence-corrected chi connectivity index (χ0v) is 17.4. The van der Waals surface area contributed by atoms with Gasteiger partial charge in [0.05, 0.1) is 12.7 Å². The number of hydrogen-bond acceptors (Lipinski definition) is 5. The first kappa shape index (κ1) is 22.0. The SMILES string of the molecule is C=C/C(=C\SC)CN(Cc1ccc(CN)cc1)Cc1ccc(C(=O)OC)cc1. The zero-order chi connectivity index (χ0) is 20.4. The highest BCUT2D eigenvalue weighted by molar-refractivity contribution is 8.01. The Morgan fingerprint density at radius 1 is 1.07 bits per heavy atom. The molecule has 28 heavy (non-hydrogen) atoms. The average Bonchev–Trinajstić information content (AvgIpc) is 2.73. The first-order valence-corrected chi connectivity index (χ1v) is 10.4. The molecule has 4 nitrogen and oxygen atoms in total. The summed E-state index contributed by atoms with van der Waals surface area (Å²) in [6.45, 7) is 6.85. The maximum Gasteiger partial charge on any atom is 0.337 e. The van der Waals surface area contributed by atoms with Crippen molar-refractivity contribution >= 4 is 17.7 Å². The standard InChI is InChI=1S/C23H28N2O2S/c1-4-18(17-28-3)14-25(15-20-7-5-19(13-24)6-8-20)16-21-9-11-22(12-10-21)23(26)27-2/h4-12,17H,1,13-16,24H2,2-3H3/b18-17+. The van der Waals surface area contributed by atoms with Crippen LogP contribution in [-0.4, -0.2) is 30.8 Å². The lowest BCUT2D eigenvalue weighted by Crippen LogP contribution is -2.25. The molecule has 0 spiro atoms. The van der Waals surface area contributed by atoms with Crippen LogP contribution in [0.2, 0.25) is 0 Å². The summed E-state index contributed by atoms with van der Waals surface area (Å²) in [4.78, 5) is 14.0. The molecule has 0 aromatic heterocycles. The van der Waals surface area contributed by atoms with E-state index < -0.39 is 0 Å². The number of rotatable bonds is 10. The van der Waals surface area contributed by atoms with E-state index in [-0.39, 0.29) is 5.97 Å². The summed E-state index contributed by atoms with van der Waals surface area (Å²) in [5, 5.41) is 2.12. The molecule has 2 aromatic carbocycles. The fourth-order valence-electron chi connectivity index (χ4n) is 2.89. The molecule has 0 aliphatic rings. The highest BCUT2D eigenvalue weighted by Crippen LogP contribution is 2.16. The lowest BCUT2D eigenvalue weighted by atomic mass is 10.1. The highest BCUT2D eigenvalue weighted by atomic mass is 32.2. The van der Waals surface area contributed by atoms with Crippen molar-refractivity contribution in [1.82, 2.24) is 4.90 Å². The minimum Gasteiger partial charge on any atom is -0.465 e. The number of carbonyl (C=O) groups excluding carboxylic acids is 1. The predicted octanol–water partition coefficient (Wildman–Crippen LogP) is 4.37. The summed E-state index contributed by atoms with van der Waals surface area (Å²) in [6.07, 6.45) is 3.95. The van der Waals surface area contributed by atoms with Crippen LogP contribution in [0.3, 0.4) is 0 Å². The Labute approximate surface area is 172 Å². The van der Waals surface area contributed by atoms with Gasteiger partial charge >= 0.3 is 5.97 Å². The average molecular weight is 397 g/mol. The Balaban J connectivity index is 2.17. The maximum absolute atomic E-state index is 11.6. The Bertz CT molecular complexity index is 798. The molecular formula is C23H28N2O2S. The quantitative estimate of drug-likeness (QED) is 0.477. The molecule has 0 bridgehead atoms. The first-order chi connectivity index (χ1) is 13.6.